The average molecular weight is 272 g/mol. The van der Waals surface area contributed by atoms with E-state index in [1.54, 1.807) is 0 Å². The summed E-state index contributed by atoms with van der Waals surface area (Å²) in [5.41, 5.74) is 6.57. The Morgan fingerprint density at radius 3 is 2.83 bits per heavy atom. The standard InChI is InChI=1S/C13H23BClNO2/c1-13(2)8-6-9(13)12-10(7-8)17-14(18-12)11(16)4-3-5-15/h8-12H,3-7,16H2,1-2H3/t8?,9?,10-,11-,12+/m1/s1. The van der Waals surface area contributed by atoms with Crippen molar-refractivity contribution in [1.29, 1.82) is 0 Å². The van der Waals surface area contributed by atoms with Crippen LogP contribution in [-0.4, -0.2) is 31.1 Å². The predicted octanol–water partition coefficient (Wildman–Crippen LogP) is 2.21. The molecule has 2 unspecified atom stereocenters. The molecule has 3 aliphatic carbocycles. The molecule has 0 aromatic rings. The molecule has 0 amide bonds. The van der Waals surface area contributed by atoms with Crippen molar-refractivity contribution in [2.45, 2.75) is 57.7 Å². The summed E-state index contributed by atoms with van der Waals surface area (Å²) in [6.45, 7) is 4.73. The third-order valence-electron chi connectivity index (χ3n) is 5.45. The minimum Gasteiger partial charge on any atom is -0.405 e. The van der Waals surface area contributed by atoms with Crippen LogP contribution in [0.3, 0.4) is 0 Å². The van der Waals surface area contributed by atoms with Crippen LogP contribution in [0.25, 0.3) is 0 Å². The van der Waals surface area contributed by atoms with E-state index in [-0.39, 0.29) is 25.3 Å². The van der Waals surface area contributed by atoms with Gasteiger partial charge in [0.25, 0.3) is 0 Å². The molecule has 1 heterocycles. The van der Waals surface area contributed by atoms with E-state index >= 15 is 0 Å². The fourth-order valence-electron chi connectivity index (χ4n) is 4.01. The van der Waals surface area contributed by atoms with E-state index in [1.165, 1.54) is 6.42 Å². The lowest BCUT2D eigenvalue weighted by Crippen LogP contribution is -2.59. The highest BCUT2D eigenvalue weighted by atomic mass is 35.5. The van der Waals surface area contributed by atoms with Gasteiger partial charge in [0.2, 0.25) is 0 Å². The molecule has 5 heteroatoms. The fourth-order valence-corrected chi connectivity index (χ4v) is 4.17. The Bertz CT molecular complexity index is 328. The summed E-state index contributed by atoms with van der Waals surface area (Å²) in [5.74, 6) is 2.09. The van der Waals surface area contributed by atoms with Crippen LogP contribution in [0.2, 0.25) is 0 Å². The van der Waals surface area contributed by atoms with Gasteiger partial charge in [0.05, 0.1) is 12.2 Å². The van der Waals surface area contributed by atoms with E-state index in [9.17, 15) is 0 Å². The second-order valence-corrected chi connectivity index (χ2v) is 7.11. The van der Waals surface area contributed by atoms with Crippen molar-refractivity contribution in [2.75, 3.05) is 5.88 Å². The Morgan fingerprint density at radius 2 is 2.17 bits per heavy atom. The van der Waals surface area contributed by atoms with Crippen molar-refractivity contribution in [3.05, 3.63) is 0 Å². The maximum atomic E-state index is 6.14. The van der Waals surface area contributed by atoms with Gasteiger partial charge in [-0.3, -0.25) is 0 Å². The first-order valence-electron chi connectivity index (χ1n) is 7.16. The third kappa shape index (κ3) is 1.93. The molecule has 1 saturated heterocycles. The number of hydrogen-bond acceptors (Lipinski definition) is 3. The minimum absolute atomic E-state index is 0.0327. The van der Waals surface area contributed by atoms with Gasteiger partial charge >= 0.3 is 7.12 Å². The Balaban J connectivity index is 1.61. The lowest BCUT2D eigenvalue weighted by Gasteiger charge is -2.60. The summed E-state index contributed by atoms with van der Waals surface area (Å²) >= 11 is 5.70. The van der Waals surface area contributed by atoms with Gasteiger partial charge in [-0.2, -0.15) is 0 Å². The van der Waals surface area contributed by atoms with E-state index in [4.69, 9.17) is 26.6 Å². The van der Waals surface area contributed by atoms with Crippen LogP contribution in [0.1, 0.15) is 39.5 Å². The van der Waals surface area contributed by atoms with Crippen LogP contribution in [0, 0.1) is 17.3 Å². The fraction of sp³-hybridized carbons (Fsp3) is 1.00. The van der Waals surface area contributed by atoms with Gasteiger partial charge in [0, 0.05) is 11.8 Å². The quantitative estimate of drug-likeness (QED) is 0.630. The number of halogens is 1. The highest BCUT2D eigenvalue weighted by Gasteiger charge is 2.62. The zero-order valence-corrected chi connectivity index (χ0v) is 12.0. The van der Waals surface area contributed by atoms with E-state index in [0.29, 0.717) is 17.2 Å². The van der Waals surface area contributed by atoms with Gasteiger partial charge in [-0.15, -0.1) is 11.6 Å². The molecule has 1 aliphatic heterocycles. The molecule has 18 heavy (non-hydrogen) atoms. The Labute approximate surface area is 115 Å². The minimum atomic E-state index is -0.210. The zero-order valence-electron chi connectivity index (χ0n) is 11.3. The van der Waals surface area contributed by atoms with Gasteiger partial charge in [0.15, 0.2) is 0 Å². The average Bonchev–Trinajstić information content (AvgIpc) is 2.78. The normalized spacial score (nSPS) is 42.3. The summed E-state index contributed by atoms with van der Waals surface area (Å²) in [7, 11) is -0.210. The van der Waals surface area contributed by atoms with Crippen LogP contribution < -0.4 is 5.73 Å². The van der Waals surface area contributed by atoms with Crippen molar-refractivity contribution in [3.8, 4) is 0 Å². The van der Waals surface area contributed by atoms with E-state index < -0.39 is 0 Å². The molecule has 4 fully saturated rings. The van der Waals surface area contributed by atoms with Gasteiger partial charge < -0.3 is 15.0 Å². The zero-order chi connectivity index (χ0) is 12.9. The summed E-state index contributed by atoms with van der Waals surface area (Å²) in [6, 6.07) is 0. The van der Waals surface area contributed by atoms with Crippen molar-refractivity contribution >= 4 is 18.7 Å². The summed E-state index contributed by atoms with van der Waals surface area (Å²) in [6.07, 6.45) is 4.82. The Hall–Kier alpha value is 0.235. The second kappa shape index (κ2) is 4.66. The molecule has 2 N–H and O–H groups in total. The SMILES string of the molecule is CC1(C)C2CC1[C@@H]1OB([C@H](N)CCCCl)O[C@@H]1C2. The van der Waals surface area contributed by atoms with Crippen LogP contribution in [0.15, 0.2) is 0 Å². The number of alkyl halides is 1. The summed E-state index contributed by atoms with van der Waals surface area (Å²) < 4.78 is 12.1. The van der Waals surface area contributed by atoms with Gasteiger partial charge in [-0.05, 0) is 42.9 Å². The van der Waals surface area contributed by atoms with Crippen LogP contribution in [0.5, 0.6) is 0 Å². The Morgan fingerprint density at radius 1 is 1.39 bits per heavy atom. The molecule has 4 aliphatic rings. The number of nitrogens with two attached hydrogens (primary N) is 1. The van der Waals surface area contributed by atoms with E-state index in [2.05, 4.69) is 13.8 Å². The van der Waals surface area contributed by atoms with Crippen molar-refractivity contribution in [1.82, 2.24) is 0 Å². The van der Waals surface area contributed by atoms with Crippen LogP contribution in [-0.2, 0) is 9.31 Å². The molecule has 5 atom stereocenters. The van der Waals surface area contributed by atoms with Gasteiger partial charge in [-0.25, -0.2) is 0 Å². The summed E-state index contributed by atoms with van der Waals surface area (Å²) in [4.78, 5) is 0. The van der Waals surface area contributed by atoms with E-state index in [1.807, 2.05) is 0 Å². The predicted molar refractivity (Wildman–Crippen MR) is 73.4 cm³/mol. The highest BCUT2D eigenvalue weighted by molar-refractivity contribution is 6.47. The monoisotopic (exact) mass is 271 g/mol. The van der Waals surface area contributed by atoms with Crippen LogP contribution >= 0.6 is 11.6 Å². The molecule has 3 nitrogen and oxygen atoms in total. The third-order valence-corrected chi connectivity index (χ3v) is 5.71. The smallest absolute Gasteiger partial charge is 0.405 e. The van der Waals surface area contributed by atoms with Gasteiger partial charge in [0.1, 0.15) is 0 Å². The maximum Gasteiger partial charge on any atom is 0.475 e. The molecule has 0 aromatic heterocycles. The van der Waals surface area contributed by atoms with Crippen molar-refractivity contribution < 1.29 is 9.31 Å². The lowest BCUT2D eigenvalue weighted by molar-refractivity contribution is -0.150. The molecular formula is C13H23BClNO2. The molecular weight excluding hydrogens is 248 g/mol. The van der Waals surface area contributed by atoms with E-state index in [0.717, 1.165) is 25.2 Å². The number of rotatable bonds is 4. The lowest BCUT2D eigenvalue weighted by atomic mass is 9.47. The first kappa shape index (κ1) is 13.2. The molecule has 4 rings (SSSR count). The molecule has 0 spiro atoms. The molecule has 0 aromatic carbocycles. The largest absolute Gasteiger partial charge is 0.475 e. The van der Waals surface area contributed by atoms with Crippen molar-refractivity contribution in [3.63, 3.8) is 0 Å². The second-order valence-electron chi connectivity index (χ2n) is 6.73. The Kier molecular flexibility index (Phi) is 3.42. The van der Waals surface area contributed by atoms with Gasteiger partial charge in [-0.1, -0.05) is 13.8 Å². The van der Waals surface area contributed by atoms with Crippen LogP contribution in [0.4, 0.5) is 0 Å². The van der Waals surface area contributed by atoms with Crippen molar-refractivity contribution in [2.24, 2.45) is 23.0 Å². The molecule has 2 bridgehead atoms. The first-order valence-corrected chi connectivity index (χ1v) is 7.70. The molecule has 102 valence electrons. The number of hydrogen-bond donors (Lipinski definition) is 1. The summed E-state index contributed by atoms with van der Waals surface area (Å²) in [5, 5.41) is 0. The molecule has 0 radical (unpaired) electrons. The highest BCUT2D eigenvalue weighted by Crippen LogP contribution is 2.61. The topological polar surface area (TPSA) is 44.5 Å². The molecule has 3 saturated carbocycles. The first-order chi connectivity index (χ1) is 8.54. The maximum absolute atomic E-state index is 6.14.